The average Bonchev–Trinajstić information content (AvgIpc) is 1.94. The molecule has 0 N–H and O–H groups in total. The molecule has 1 aromatic rings. The first-order valence-corrected chi connectivity index (χ1v) is 3.83. The molecule has 0 unspecified atom stereocenters. The Morgan fingerprint density at radius 2 is 1.62 bits per heavy atom. The fourth-order valence-electron chi connectivity index (χ4n) is 0.762. The largest absolute Gasteiger partial charge is 0.419 e. The number of hydrogen-bond acceptors (Lipinski definition) is 0. The van der Waals surface area contributed by atoms with Crippen molar-refractivity contribution in [3.05, 3.63) is 33.8 Å². The van der Waals surface area contributed by atoms with Crippen LogP contribution in [0.3, 0.4) is 0 Å². The van der Waals surface area contributed by atoms with Gasteiger partial charge in [0.15, 0.2) is 11.6 Å². The Bertz CT molecular complexity index is 330. The van der Waals surface area contributed by atoms with Crippen LogP contribution in [0.1, 0.15) is 5.56 Å². The summed E-state index contributed by atoms with van der Waals surface area (Å²) in [7, 11) is 0. The van der Waals surface area contributed by atoms with E-state index < -0.39 is 23.4 Å². The lowest BCUT2D eigenvalue weighted by Crippen LogP contribution is -2.09. The van der Waals surface area contributed by atoms with Crippen molar-refractivity contribution in [2.75, 3.05) is 0 Å². The van der Waals surface area contributed by atoms with Crippen LogP contribution in [0.2, 0.25) is 0 Å². The molecule has 0 fully saturated rings. The lowest BCUT2D eigenvalue weighted by Gasteiger charge is -2.08. The van der Waals surface area contributed by atoms with Crippen molar-refractivity contribution in [1.29, 1.82) is 0 Å². The fraction of sp³-hybridized carbons (Fsp3) is 0.143. The SMILES string of the molecule is Fc1cc(Br)cc(C(F)(F)F)c1F. The Morgan fingerprint density at radius 1 is 1.08 bits per heavy atom. The zero-order valence-corrected chi connectivity index (χ0v) is 7.51. The molecule has 0 aliphatic rings. The number of halogens is 6. The minimum absolute atomic E-state index is 0.154. The zero-order chi connectivity index (χ0) is 10.2. The van der Waals surface area contributed by atoms with Gasteiger partial charge < -0.3 is 0 Å². The van der Waals surface area contributed by atoms with Gasteiger partial charge in [-0.05, 0) is 12.1 Å². The third-order valence-corrected chi connectivity index (χ3v) is 1.76. The average molecular weight is 261 g/mol. The van der Waals surface area contributed by atoms with E-state index in [4.69, 9.17) is 0 Å². The first-order valence-electron chi connectivity index (χ1n) is 3.04. The van der Waals surface area contributed by atoms with Gasteiger partial charge in [-0.3, -0.25) is 0 Å². The Hall–Kier alpha value is -0.650. The summed E-state index contributed by atoms with van der Waals surface area (Å²) in [5.74, 6) is -3.41. The van der Waals surface area contributed by atoms with Gasteiger partial charge >= 0.3 is 6.18 Å². The van der Waals surface area contributed by atoms with E-state index in [-0.39, 0.29) is 4.47 Å². The van der Waals surface area contributed by atoms with Crippen LogP contribution in [0, 0.1) is 11.6 Å². The normalized spacial score (nSPS) is 11.8. The van der Waals surface area contributed by atoms with Crippen LogP contribution >= 0.6 is 15.9 Å². The Labute approximate surface area is 78.5 Å². The molecule has 0 radical (unpaired) electrons. The second-order valence-corrected chi connectivity index (χ2v) is 3.16. The van der Waals surface area contributed by atoms with E-state index in [1.54, 1.807) is 0 Å². The molecule has 0 spiro atoms. The predicted molar refractivity (Wildman–Crippen MR) is 39.1 cm³/mol. The van der Waals surface area contributed by atoms with Gasteiger partial charge in [-0.25, -0.2) is 8.78 Å². The zero-order valence-electron chi connectivity index (χ0n) is 5.92. The third kappa shape index (κ3) is 2.18. The topological polar surface area (TPSA) is 0 Å². The van der Waals surface area contributed by atoms with Gasteiger partial charge in [-0.1, -0.05) is 15.9 Å². The molecule has 0 amide bonds. The highest BCUT2D eigenvalue weighted by Crippen LogP contribution is 2.34. The van der Waals surface area contributed by atoms with Crippen molar-refractivity contribution in [2.24, 2.45) is 0 Å². The van der Waals surface area contributed by atoms with Gasteiger partial charge in [-0.2, -0.15) is 13.2 Å². The summed E-state index contributed by atoms with van der Waals surface area (Å²) in [4.78, 5) is 0. The van der Waals surface area contributed by atoms with Gasteiger partial charge in [0, 0.05) is 4.47 Å². The van der Waals surface area contributed by atoms with Gasteiger partial charge in [0.05, 0.1) is 5.56 Å². The van der Waals surface area contributed by atoms with E-state index in [2.05, 4.69) is 15.9 Å². The summed E-state index contributed by atoms with van der Waals surface area (Å²) < 4.78 is 60.8. The third-order valence-electron chi connectivity index (χ3n) is 1.30. The van der Waals surface area contributed by atoms with Crippen LogP contribution in [-0.4, -0.2) is 0 Å². The first-order chi connectivity index (χ1) is 5.82. The standard InChI is InChI=1S/C7H2BrF5/c8-3-1-4(7(11,12)13)6(10)5(9)2-3/h1-2H. The molecule has 0 heterocycles. The van der Waals surface area contributed by atoms with Gasteiger partial charge in [0.25, 0.3) is 0 Å². The maximum atomic E-state index is 12.6. The number of hydrogen-bond donors (Lipinski definition) is 0. The lowest BCUT2D eigenvalue weighted by molar-refractivity contribution is -0.140. The highest BCUT2D eigenvalue weighted by atomic mass is 79.9. The second-order valence-electron chi connectivity index (χ2n) is 2.25. The summed E-state index contributed by atoms with van der Waals surface area (Å²) >= 11 is 2.63. The highest BCUT2D eigenvalue weighted by Gasteiger charge is 2.35. The molecule has 72 valence electrons. The van der Waals surface area contributed by atoms with Crippen molar-refractivity contribution in [1.82, 2.24) is 0 Å². The van der Waals surface area contributed by atoms with Crippen molar-refractivity contribution < 1.29 is 22.0 Å². The van der Waals surface area contributed by atoms with E-state index in [0.717, 1.165) is 0 Å². The maximum absolute atomic E-state index is 12.6. The van der Waals surface area contributed by atoms with E-state index in [1.165, 1.54) is 0 Å². The molecule has 0 saturated carbocycles. The fourth-order valence-corrected chi connectivity index (χ4v) is 1.19. The van der Waals surface area contributed by atoms with Crippen LogP contribution in [0.25, 0.3) is 0 Å². The van der Waals surface area contributed by atoms with Gasteiger partial charge in [0.1, 0.15) is 0 Å². The quantitative estimate of drug-likeness (QED) is 0.493. The summed E-state index contributed by atoms with van der Waals surface area (Å²) in [5, 5.41) is 0. The monoisotopic (exact) mass is 260 g/mol. The molecule has 0 bridgehead atoms. The van der Waals surface area contributed by atoms with Crippen LogP contribution in [0.4, 0.5) is 22.0 Å². The predicted octanol–water partition coefficient (Wildman–Crippen LogP) is 3.75. The maximum Gasteiger partial charge on any atom is 0.419 e. The van der Waals surface area contributed by atoms with Crippen LogP contribution in [-0.2, 0) is 6.18 Å². The van der Waals surface area contributed by atoms with E-state index >= 15 is 0 Å². The first kappa shape index (κ1) is 10.4. The molecule has 1 rings (SSSR count). The highest BCUT2D eigenvalue weighted by molar-refractivity contribution is 9.10. The number of benzene rings is 1. The van der Waals surface area contributed by atoms with E-state index in [1.807, 2.05) is 0 Å². The van der Waals surface area contributed by atoms with Crippen molar-refractivity contribution >= 4 is 15.9 Å². The molecular formula is C7H2BrF5. The van der Waals surface area contributed by atoms with E-state index in [0.29, 0.717) is 12.1 Å². The molecule has 0 atom stereocenters. The lowest BCUT2D eigenvalue weighted by atomic mass is 10.2. The Kier molecular flexibility index (Phi) is 2.61. The Morgan fingerprint density at radius 3 is 2.08 bits per heavy atom. The molecule has 0 saturated heterocycles. The van der Waals surface area contributed by atoms with Crippen molar-refractivity contribution in [2.45, 2.75) is 6.18 Å². The van der Waals surface area contributed by atoms with Crippen LogP contribution in [0.5, 0.6) is 0 Å². The van der Waals surface area contributed by atoms with E-state index in [9.17, 15) is 22.0 Å². The molecule has 0 nitrogen and oxygen atoms in total. The number of rotatable bonds is 0. The van der Waals surface area contributed by atoms with Crippen LogP contribution < -0.4 is 0 Å². The Balaban J connectivity index is 3.37. The molecule has 0 aliphatic heterocycles. The van der Waals surface area contributed by atoms with Gasteiger partial charge in [-0.15, -0.1) is 0 Å². The van der Waals surface area contributed by atoms with Crippen molar-refractivity contribution in [3.8, 4) is 0 Å². The summed E-state index contributed by atoms with van der Waals surface area (Å²) in [6.45, 7) is 0. The second kappa shape index (κ2) is 3.25. The minimum Gasteiger partial charge on any atom is -0.204 e. The summed E-state index contributed by atoms with van der Waals surface area (Å²) in [6.07, 6.45) is -4.88. The van der Waals surface area contributed by atoms with Gasteiger partial charge in [0.2, 0.25) is 0 Å². The molecule has 13 heavy (non-hydrogen) atoms. The minimum atomic E-state index is -4.88. The molecular weight excluding hydrogens is 259 g/mol. The van der Waals surface area contributed by atoms with Crippen molar-refractivity contribution in [3.63, 3.8) is 0 Å². The number of alkyl halides is 3. The molecule has 6 heteroatoms. The van der Waals surface area contributed by atoms with Crippen LogP contribution in [0.15, 0.2) is 16.6 Å². The molecule has 1 aromatic carbocycles. The molecule has 0 aliphatic carbocycles. The summed E-state index contributed by atoms with van der Waals surface area (Å²) in [5.41, 5.74) is -1.61. The molecule has 0 aromatic heterocycles. The smallest absolute Gasteiger partial charge is 0.204 e. The summed E-state index contributed by atoms with van der Waals surface area (Å²) in [6, 6.07) is 1.11.